The van der Waals surface area contributed by atoms with Crippen LogP contribution in [-0.4, -0.2) is 50.4 Å². The van der Waals surface area contributed by atoms with Gasteiger partial charge >= 0.3 is 12.0 Å². The lowest BCUT2D eigenvalue weighted by molar-refractivity contribution is -0.141. The highest BCUT2D eigenvalue weighted by Crippen LogP contribution is 2.35. The van der Waals surface area contributed by atoms with Crippen molar-refractivity contribution >= 4 is 29.5 Å². The van der Waals surface area contributed by atoms with Crippen molar-refractivity contribution < 1.29 is 23.9 Å². The van der Waals surface area contributed by atoms with Crippen molar-refractivity contribution in [3.05, 3.63) is 35.8 Å². The summed E-state index contributed by atoms with van der Waals surface area (Å²) in [4.78, 5) is 53.5. The number of urea groups is 1. The number of carbonyl (C=O) groups excluding carboxylic acids is 4. The Labute approximate surface area is 172 Å². The van der Waals surface area contributed by atoms with Gasteiger partial charge in [-0.1, -0.05) is 6.92 Å². The number of amides is 4. The third-order valence-electron chi connectivity index (χ3n) is 5.69. The largest absolute Gasteiger partial charge is 0.451 e. The Morgan fingerprint density at radius 3 is 2.80 bits per heavy atom. The molecule has 10 heteroatoms. The number of pyridine rings is 1. The third kappa shape index (κ3) is 3.60. The number of hydrogen-bond acceptors (Lipinski definition) is 6. The lowest BCUT2D eigenvalue weighted by Gasteiger charge is -2.33. The second kappa shape index (κ2) is 7.43. The molecular weight excluding hydrogens is 390 g/mol. The lowest BCUT2D eigenvalue weighted by atomic mass is 9.77. The summed E-state index contributed by atoms with van der Waals surface area (Å²) in [6.07, 6.45) is 5.98. The van der Waals surface area contributed by atoms with E-state index in [4.69, 9.17) is 4.74 Å². The molecule has 1 saturated carbocycles. The molecule has 1 aliphatic carbocycles. The molecule has 0 aromatic carbocycles. The van der Waals surface area contributed by atoms with Crippen LogP contribution in [0.25, 0.3) is 5.65 Å². The number of fused-ring (bicyclic) bond motifs is 1. The maximum Gasteiger partial charge on any atom is 0.359 e. The van der Waals surface area contributed by atoms with E-state index >= 15 is 0 Å². The number of hydrogen-bond donors (Lipinski definition) is 2. The van der Waals surface area contributed by atoms with Gasteiger partial charge < -0.3 is 14.5 Å². The molecule has 0 bridgehead atoms. The average Bonchev–Trinajstić information content (AvgIpc) is 3.23. The number of aryl methyl sites for hydroxylation is 1. The third-order valence-corrected chi connectivity index (χ3v) is 5.69. The molecule has 2 fully saturated rings. The molecular formula is C20H23N5O5. The molecule has 10 nitrogen and oxygen atoms in total. The van der Waals surface area contributed by atoms with Gasteiger partial charge in [0.1, 0.15) is 11.2 Å². The second-order valence-electron chi connectivity index (χ2n) is 8.04. The summed E-state index contributed by atoms with van der Waals surface area (Å²) in [6.45, 7) is 3.36. The predicted octanol–water partition coefficient (Wildman–Crippen LogP) is 1.33. The molecule has 158 valence electrons. The number of hydrazine groups is 1. The van der Waals surface area contributed by atoms with E-state index in [1.54, 1.807) is 10.6 Å². The number of imidazole rings is 1. The summed E-state index contributed by atoms with van der Waals surface area (Å²) in [6, 6.07) is 3.00. The SMILES string of the molecule is Cc1ccn2cc(C(=O)OCC(=O)NN3C(=O)NC4(CCC(C)CC4)C3=O)nc2c1. The number of carbonyl (C=O) groups is 4. The summed E-state index contributed by atoms with van der Waals surface area (Å²) in [5.74, 6) is -1.55. The molecule has 3 heterocycles. The number of nitrogens with zero attached hydrogens (tertiary/aromatic N) is 3. The number of rotatable bonds is 4. The van der Waals surface area contributed by atoms with Crippen LogP contribution in [0.15, 0.2) is 24.5 Å². The van der Waals surface area contributed by atoms with Gasteiger partial charge in [-0.25, -0.2) is 14.6 Å². The van der Waals surface area contributed by atoms with Gasteiger partial charge in [-0.3, -0.25) is 15.0 Å². The monoisotopic (exact) mass is 413 g/mol. The quantitative estimate of drug-likeness (QED) is 0.576. The van der Waals surface area contributed by atoms with Gasteiger partial charge in [0, 0.05) is 12.4 Å². The van der Waals surface area contributed by atoms with E-state index < -0.39 is 36.0 Å². The van der Waals surface area contributed by atoms with Crippen LogP contribution in [0.3, 0.4) is 0 Å². The summed E-state index contributed by atoms with van der Waals surface area (Å²) < 4.78 is 6.65. The molecule has 30 heavy (non-hydrogen) atoms. The van der Waals surface area contributed by atoms with Gasteiger partial charge in [-0.05, 0) is 56.2 Å². The van der Waals surface area contributed by atoms with E-state index in [0.29, 0.717) is 29.4 Å². The maximum atomic E-state index is 12.7. The van der Waals surface area contributed by atoms with Gasteiger partial charge in [0.05, 0.1) is 0 Å². The topological polar surface area (TPSA) is 122 Å². The van der Waals surface area contributed by atoms with Crippen molar-refractivity contribution in [1.82, 2.24) is 25.1 Å². The molecule has 2 N–H and O–H groups in total. The zero-order valence-corrected chi connectivity index (χ0v) is 16.8. The average molecular weight is 413 g/mol. The molecule has 4 rings (SSSR count). The van der Waals surface area contributed by atoms with Crippen LogP contribution in [-0.2, 0) is 14.3 Å². The molecule has 0 atom stereocenters. The Balaban J connectivity index is 1.34. The standard InChI is InChI=1S/C20H23N5O5/c1-12-3-6-20(7-4-12)18(28)25(19(29)22-20)23-16(26)11-30-17(27)14-10-24-8-5-13(2)9-15(24)21-14/h5,8-10,12H,3-4,6-7,11H2,1-2H3,(H,22,29)(H,23,26). The number of esters is 1. The first-order valence-corrected chi connectivity index (χ1v) is 9.86. The minimum absolute atomic E-state index is 0.0543. The van der Waals surface area contributed by atoms with Crippen LogP contribution in [0.1, 0.15) is 48.7 Å². The Hall–Kier alpha value is -3.43. The van der Waals surface area contributed by atoms with Crippen LogP contribution >= 0.6 is 0 Å². The normalized spacial score (nSPS) is 23.7. The number of nitrogens with one attached hydrogen (secondary N) is 2. The van der Waals surface area contributed by atoms with E-state index in [0.717, 1.165) is 18.4 Å². The smallest absolute Gasteiger partial charge is 0.359 e. The van der Waals surface area contributed by atoms with Crippen LogP contribution in [0, 0.1) is 12.8 Å². The van der Waals surface area contributed by atoms with Crippen LogP contribution in [0.4, 0.5) is 4.79 Å². The zero-order valence-electron chi connectivity index (χ0n) is 16.8. The predicted molar refractivity (Wildman–Crippen MR) is 104 cm³/mol. The van der Waals surface area contributed by atoms with Crippen LogP contribution in [0.2, 0.25) is 0 Å². The van der Waals surface area contributed by atoms with Crippen molar-refractivity contribution in [3.8, 4) is 0 Å². The van der Waals surface area contributed by atoms with Crippen molar-refractivity contribution in [2.24, 2.45) is 5.92 Å². The van der Waals surface area contributed by atoms with Crippen molar-refractivity contribution in [1.29, 1.82) is 0 Å². The molecule has 0 unspecified atom stereocenters. The van der Waals surface area contributed by atoms with Crippen LogP contribution < -0.4 is 10.7 Å². The fourth-order valence-electron chi connectivity index (χ4n) is 3.86. The zero-order chi connectivity index (χ0) is 21.5. The molecule has 1 aliphatic heterocycles. The maximum absolute atomic E-state index is 12.7. The summed E-state index contributed by atoms with van der Waals surface area (Å²) in [7, 11) is 0. The number of ether oxygens (including phenoxy) is 1. The Bertz CT molecular complexity index is 1040. The molecule has 2 aliphatic rings. The summed E-state index contributed by atoms with van der Waals surface area (Å²) >= 11 is 0. The fourth-order valence-corrected chi connectivity index (χ4v) is 3.86. The molecule has 2 aromatic heterocycles. The molecule has 0 radical (unpaired) electrons. The Kier molecular flexibility index (Phi) is 4.92. The number of imide groups is 1. The highest BCUT2D eigenvalue weighted by Gasteiger charge is 2.52. The van der Waals surface area contributed by atoms with Crippen molar-refractivity contribution in [2.75, 3.05) is 6.61 Å². The first-order valence-electron chi connectivity index (χ1n) is 9.86. The van der Waals surface area contributed by atoms with Gasteiger partial charge in [0.25, 0.3) is 11.8 Å². The second-order valence-corrected chi connectivity index (χ2v) is 8.04. The molecule has 4 amide bonds. The molecule has 1 spiro atoms. The van der Waals surface area contributed by atoms with E-state index in [2.05, 4.69) is 22.7 Å². The lowest BCUT2D eigenvalue weighted by Crippen LogP contribution is -2.52. The highest BCUT2D eigenvalue weighted by molar-refractivity contribution is 6.08. The number of aromatic nitrogens is 2. The van der Waals surface area contributed by atoms with E-state index in [-0.39, 0.29) is 5.69 Å². The molecule has 2 aromatic rings. The molecule has 1 saturated heterocycles. The van der Waals surface area contributed by atoms with Crippen molar-refractivity contribution in [3.63, 3.8) is 0 Å². The fraction of sp³-hybridized carbons (Fsp3) is 0.450. The summed E-state index contributed by atoms with van der Waals surface area (Å²) in [5, 5.41) is 3.39. The van der Waals surface area contributed by atoms with E-state index in [9.17, 15) is 19.2 Å². The van der Waals surface area contributed by atoms with Crippen molar-refractivity contribution in [2.45, 2.75) is 45.1 Å². The van der Waals surface area contributed by atoms with Crippen LogP contribution in [0.5, 0.6) is 0 Å². The first kappa shape index (κ1) is 19.9. The highest BCUT2D eigenvalue weighted by atomic mass is 16.5. The van der Waals surface area contributed by atoms with Gasteiger partial charge in [-0.2, -0.15) is 5.01 Å². The minimum atomic E-state index is -0.956. The van der Waals surface area contributed by atoms with E-state index in [1.165, 1.54) is 6.20 Å². The van der Waals surface area contributed by atoms with Gasteiger partial charge in [-0.15, -0.1) is 0 Å². The van der Waals surface area contributed by atoms with Gasteiger partial charge in [0.15, 0.2) is 12.3 Å². The first-order chi connectivity index (χ1) is 14.3. The minimum Gasteiger partial charge on any atom is -0.451 e. The van der Waals surface area contributed by atoms with E-state index in [1.807, 2.05) is 19.1 Å². The van der Waals surface area contributed by atoms with Gasteiger partial charge in [0.2, 0.25) is 0 Å². The summed E-state index contributed by atoms with van der Waals surface area (Å²) in [5.41, 5.74) is 2.90. The Morgan fingerprint density at radius 1 is 1.33 bits per heavy atom. The Morgan fingerprint density at radius 2 is 2.07 bits per heavy atom.